The molecule has 1 aromatic carbocycles. The van der Waals surface area contributed by atoms with Crippen LogP contribution in [0.1, 0.15) is 16.1 Å². The minimum absolute atomic E-state index is 0.370. The lowest BCUT2D eigenvalue weighted by Crippen LogP contribution is -2.21. The molecule has 1 amide bonds. The number of nitrogens with two attached hydrogens (primary N) is 2. The van der Waals surface area contributed by atoms with E-state index in [-0.39, 0.29) is 5.69 Å². The lowest BCUT2D eigenvalue weighted by Gasteiger charge is -2.11. The Bertz CT molecular complexity index is 908. The number of benzene rings is 1. The number of alkyl halides is 6. The minimum Gasteiger partial charge on any atom is -0.383 e. The van der Waals surface area contributed by atoms with Crippen LogP contribution < -0.4 is 11.5 Å². The van der Waals surface area contributed by atoms with Gasteiger partial charge in [-0.05, 0) is 18.2 Å². The fourth-order valence-electron chi connectivity index (χ4n) is 1.92. The number of nitrogens with zero attached hydrogens (tertiary/aromatic N) is 2. The molecule has 2 rings (SSSR count). The predicted molar refractivity (Wildman–Crippen MR) is 79.0 cm³/mol. The van der Waals surface area contributed by atoms with Crippen molar-refractivity contribution in [3.63, 3.8) is 0 Å². The number of rotatable bonds is 3. The summed E-state index contributed by atoms with van der Waals surface area (Å²) >= 11 is 5.72. The molecular weight excluding hydrogens is 414 g/mol. The van der Waals surface area contributed by atoms with Gasteiger partial charge in [-0.3, -0.25) is 4.79 Å². The third-order valence-electron chi connectivity index (χ3n) is 3.01. The van der Waals surface area contributed by atoms with E-state index in [1.54, 1.807) is 0 Å². The maximum atomic E-state index is 12.7. The lowest BCUT2D eigenvalue weighted by molar-refractivity contribution is -0.137. The monoisotopic (exact) mass is 420 g/mol. The number of carbonyl (C=O) groups is 1. The first-order chi connectivity index (χ1) is 11.7. The van der Waals surface area contributed by atoms with Gasteiger partial charge in [0, 0.05) is 0 Å². The molecule has 0 fully saturated rings. The highest BCUT2D eigenvalue weighted by Crippen LogP contribution is 2.36. The van der Waals surface area contributed by atoms with E-state index in [1.165, 1.54) is 0 Å². The van der Waals surface area contributed by atoms with Crippen molar-refractivity contribution in [3.8, 4) is 5.69 Å². The first kappa shape index (κ1) is 20.0. The van der Waals surface area contributed by atoms with E-state index in [0.717, 1.165) is 6.07 Å². The number of halogens is 7. The van der Waals surface area contributed by atoms with Gasteiger partial charge in [-0.25, -0.2) is 8.89 Å². The van der Waals surface area contributed by atoms with Crippen LogP contribution in [0.4, 0.5) is 32.2 Å². The number of primary amides is 1. The van der Waals surface area contributed by atoms with Crippen LogP contribution in [-0.2, 0) is 17.0 Å². The van der Waals surface area contributed by atoms with Crippen LogP contribution in [0, 0.1) is 0 Å². The zero-order valence-corrected chi connectivity index (χ0v) is 13.7. The summed E-state index contributed by atoms with van der Waals surface area (Å²) in [6, 6.07) is 1.84. The van der Waals surface area contributed by atoms with Crippen LogP contribution in [0.25, 0.3) is 5.69 Å². The summed E-state index contributed by atoms with van der Waals surface area (Å²) in [6.07, 6.45) is -4.72. The van der Waals surface area contributed by atoms with E-state index in [2.05, 4.69) is 5.10 Å². The molecule has 0 aliphatic rings. The van der Waals surface area contributed by atoms with E-state index < -0.39 is 55.4 Å². The zero-order valence-electron chi connectivity index (χ0n) is 12.2. The molecule has 1 unspecified atom stereocenters. The van der Waals surface area contributed by atoms with Crippen molar-refractivity contribution in [2.24, 2.45) is 5.73 Å². The largest absolute Gasteiger partial charge is 0.476 e. The van der Waals surface area contributed by atoms with Crippen LogP contribution in [0.15, 0.2) is 23.1 Å². The second-order valence-electron chi connectivity index (χ2n) is 4.72. The highest BCUT2D eigenvalue weighted by molar-refractivity contribution is 7.86. The van der Waals surface area contributed by atoms with Crippen molar-refractivity contribution in [2.45, 2.75) is 16.6 Å². The molecule has 0 saturated carbocycles. The Morgan fingerprint density at radius 1 is 1.19 bits per heavy atom. The second-order valence-corrected chi connectivity index (χ2v) is 6.53. The van der Waals surface area contributed by atoms with Crippen molar-refractivity contribution in [1.29, 1.82) is 0 Å². The van der Waals surface area contributed by atoms with Crippen LogP contribution in [0.2, 0.25) is 5.02 Å². The number of hydrogen-bond donors (Lipinski definition) is 2. The van der Waals surface area contributed by atoms with Gasteiger partial charge in [-0.15, -0.1) is 0 Å². The van der Waals surface area contributed by atoms with Crippen molar-refractivity contribution in [3.05, 3.63) is 34.5 Å². The average molecular weight is 421 g/mol. The summed E-state index contributed by atoms with van der Waals surface area (Å²) in [6.45, 7) is 0. The van der Waals surface area contributed by atoms with Crippen molar-refractivity contribution in [1.82, 2.24) is 9.78 Å². The second kappa shape index (κ2) is 6.46. The van der Waals surface area contributed by atoms with E-state index in [4.69, 9.17) is 23.1 Å². The Labute approximate surface area is 148 Å². The lowest BCUT2D eigenvalue weighted by atomic mass is 10.2. The molecule has 0 bridgehead atoms. The fourth-order valence-corrected chi connectivity index (χ4v) is 3.00. The quantitative estimate of drug-likeness (QED) is 0.745. The first-order valence-corrected chi connectivity index (χ1v) is 7.82. The van der Waals surface area contributed by atoms with Gasteiger partial charge in [-0.2, -0.15) is 31.4 Å². The fraction of sp³-hybridized carbons (Fsp3) is 0.167. The number of carbonyl (C=O) groups excluding carboxylic acids is 1. The van der Waals surface area contributed by atoms with Gasteiger partial charge in [0.15, 0.2) is 16.5 Å². The Hall–Kier alpha value is -2.28. The van der Waals surface area contributed by atoms with Gasteiger partial charge in [0.2, 0.25) is 0 Å². The third-order valence-corrected chi connectivity index (χ3v) is 4.50. The van der Waals surface area contributed by atoms with Gasteiger partial charge in [0.1, 0.15) is 10.7 Å². The highest BCUT2D eigenvalue weighted by Gasteiger charge is 2.43. The van der Waals surface area contributed by atoms with Gasteiger partial charge < -0.3 is 11.5 Å². The molecule has 1 atom stereocenters. The molecule has 4 N–H and O–H groups in total. The smallest absolute Gasteiger partial charge is 0.383 e. The molecule has 0 radical (unpaired) electrons. The van der Waals surface area contributed by atoms with Crippen molar-refractivity contribution < 1.29 is 35.3 Å². The van der Waals surface area contributed by atoms with E-state index in [9.17, 15) is 35.3 Å². The number of anilines is 1. The Morgan fingerprint density at radius 2 is 1.77 bits per heavy atom. The summed E-state index contributed by atoms with van der Waals surface area (Å²) in [4.78, 5) is 10.1. The molecule has 0 aliphatic heterocycles. The maximum absolute atomic E-state index is 12.7. The standard InChI is InChI=1S/C12H7ClF6N4O2S/c13-5-3-4(11(14,15)16)1-2-6(5)23-9(20)8(7(22-23)10(21)24)26(25)12(17,18)19/h1-3H,20H2,(H2,21,24). The minimum atomic E-state index is -5.28. The molecule has 26 heavy (non-hydrogen) atoms. The van der Waals surface area contributed by atoms with Crippen molar-refractivity contribution >= 4 is 34.1 Å². The van der Waals surface area contributed by atoms with Gasteiger partial charge in [-0.1, -0.05) is 11.6 Å². The number of aromatic nitrogens is 2. The summed E-state index contributed by atoms with van der Waals surface area (Å²) in [7, 11) is -3.75. The molecular formula is C12H7ClF6N4O2S. The zero-order chi connectivity index (χ0) is 20.0. The number of amides is 1. The number of nitrogen functional groups attached to an aromatic ring is 1. The molecule has 6 nitrogen and oxygen atoms in total. The summed E-state index contributed by atoms with van der Waals surface area (Å²) in [5.74, 6) is -2.37. The SMILES string of the molecule is NC(=O)c1nn(-c2ccc(C(F)(F)F)cc2Cl)c(N)c1S(=O)C(F)(F)F. The normalized spacial score (nSPS) is 13.7. The predicted octanol–water partition coefficient (Wildman–Crippen LogP) is 2.85. The summed E-state index contributed by atoms with van der Waals surface area (Å²) in [5, 5.41) is 2.85. The van der Waals surface area contributed by atoms with Crippen molar-refractivity contribution in [2.75, 3.05) is 5.73 Å². The average Bonchev–Trinajstić information content (AvgIpc) is 2.82. The molecule has 2 aromatic rings. The molecule has 0 aliphatic carbocycles. The topological polar surface area (TPSA) is 104 Å². The van der Waals surface area contributed by atoms with Gasteiger partial charge in [0.05, 0.1) is 16.3 Å². The van der Waals surface area contributed by atoms with E-state index >= 15 is 0 Å². The van der Waals surface area contributed by atoms with Crippen LogP contribution in [0.5, 0.6) is 0 Å². The van der Waals surface area contributed by atoms with Crippen LogP contribution in [-0.4, -0.2) is 25.4 Å². The molecule has 1 aromatic heterocycles. The van der Waals surface area contributed by atoms with Gasteiger partial charge >= 0.3 is 11.7 Å². The van der Waals surface area contributed by atoms with Crippen LogP contribution >= 0.6 is 11.6 Å². The summed E-state index contributed by atoms with van der Waals surface area (Å²) < 4.78 is 88.2. The van der Waals surface area contributed by atoms with E-state index in [1.807, 2.05) is 0 Å². The Kier molecular flexibility index (Phi) is 4.98. The first-order valence-electron chi connectivity index (χ1n) is 6.29. The maximum Gasteiger partial charge on any atom is 0.476 e. The summed E-state index contributed by atoms with van der Waals surface area (Å²) in [5.41, 5.74) is 2.57. The molecule has 0 saturated heterocycles. The molecule has 1 heterocycles. The molecule has 14 heteroatoms. The van der Waals surface area contributed by atoms with Crippen LogP contribution in [0.3, 0.4) is 0 Å². The van der Waals surface area contributed by atoms with Gasteiger partial charge in [0.25, 0.3) is 5.91 Å². The number of hydrogen-bond acceptors (Lipinski definition) is 4. The molecule has 0 spiro atoms. The Balaban J connectivity index is 2.70. The van der Waals surface area contributed by atoms with E-state index in [0.29, 0.717) is 16.8 Å². The third kappa shape index (κ3) is 3.62. The highest BCUT2D eigenvalue weighted by atomic mass is 35.5. The Morgan fingerprint density at radius 3 is 2.19 bits per heavy atom. The molecule has 142 valence electrons.